The van der Waals surface area contributed by atoms with Gasteiger partial charge in [0.15, 0.2) is 14.1 Å². The molecule has 9 heteroatoms. The molecule has 36 heavy (non-hydrogen) atoms. The van der Waals surface area contributed by atoms with Crippen LogP contribution in [-0.2, 0) is 28.2 Å². The van der Waals surface area contributed by atoms with Crippen molar-refractivity contribution < 1.29 is 38.4 Å². The summed E-state index contributed by atoms with van der Waals surface area (Å²) in [4.78, 5) is 25.8. The van der Waals surface area contributed by atoms with E-state index >= 15 is 0 Å². The van der Waals surface area contributed by atoms with Gasteiger partial charge in [0.05, 0.1) is 36.8 Å². The fourth-order valence-electron chi connectivity index (χ4n) is 4.80. The Balaban J connectivity index is 2.48. The lowest BCUT2D eigenvalue weighted by Gasteiger charge is -2.44. The second-order valence-electron chi connectivity index (χ2n) is 12.2. The summed E-state index contributed by atoms with van der Waals surface area (Å²) < 4.78 is 24.2. The predicted molar refractivity (Wildman–Crippen MR) is 140 cm³/mol. The zero-order valence-electron chi connectivity index (χ0n) is 23.8. The number of carbonyl (C=O) groups excluding carboxylic acids is 2. The first-order chi connectivity index (χ1) is 16.4. The molecule has 2 fully saturated rings. The molecule has 8 atom stereocenters. The van der Waals surface area contributed by atoms with Crippen molar-refractivity contribution in [2.45, 2.75) is 116 Å². The highest BCUT2D eigenvalue weighted by Gasteiger charge is 2.64. The number of carbonyl (C=O) groups is 2. The Bertz CT molecular complexity index is 821. The molecule has 208 valence electrons. The van der Waals surface area contributed by atoms with Gasteiger partial charge in [0.2, 0.25) is 0 Å². The first-order valence-electron chi connectivity index (χ1n) is 13.1. The summed E-state index contributed by atoms with van der Waals surface area (Å²) in [5.41, 5.74) is -0.778. The van der Waals surface area contributed by atoms with E-state index < -0.39 is 49.7 Å². The molecule has 2 rings (SSSR count). The number of allylic oxidation sites excluding steroid dienone is 1. The van der Waals surface area contributed by atoms with Gasteiger partial charge in [0, 0.05) is 19.3 Å². The van der Waals surface area contributed by atoms with Gasteiger partial charge in [-0.3, -0.25) is 9.59 Å². The molecule has 0 bridgehead atoms. The SMILES string of the molecule is C/C=C\[C@H](C)[C@H]1O[C@@]1(C)[C@@H](O[Si](C)(C)C(C)(C)C)[C@@H](COC(C)=O)C(=O)[C@@H]1COC(O)(CC)C[C@@H]1O. The molecular formula is C27H48O8Si. The molecule has 2 aliphatic heterocycles. The average molecular weight is 529 g/mol. The second kappa shape index (κ2) is 11.3. The Hall–Kier alpha value is -1.10. The van der Waals surface area contributed by atoms with Gasteiger partial charge < -0.3 is 28.8 Å². The molecular weight excluding hydrogens is 480 g/mol. The highest BCUT2D eigenvalue weighted by Crippen LogP contribution is 2.51. The van der Waals surface area contributed by atoms with Crippen LogP contribution in [0.5, 0.6) is 0 Å². The third-order valence-corrected chi connectivity index (χ3v) is 12.7. The highest BCUT2D eigenvalue weighted by molar-refractivity contribution is 6.74. The quantitative estimate of drug-likeness (QED) is 0.179. The van der Waals surface area contributed by atoms with Gasteiger partial charge in [-0.25, -0.2) is 0 Å². The van der Waals surface area contributed by atoms with Crippen molar-refractivity contribution >= 4 is 20.1 Å². The monoisotopic (exact) mass is 528 g/mol. The molecule has 0 amide bonds. The lowest BCUT2D eigenvalue weighted by atomic mass is 9.78. The van der Waals surface area contributed by atoms with Crippen molar-refractivity contribution in [3.63, 3.8) is 0 Å². The van der Waals surface area contributed by atoms with Crippen molar-refractivity contribution in [1.29, 1.82) is 0 Å². The molecule has 2 saturated heterocycles. The van der Waals surface area contributed by atoms with Crippen LogP contribution in [-0.4, -0.2) is 73.2 Å². The van der Waals surface area contributed by atoms with Crippen LogP contribution in [0.3, 0.4) is 0 Å². The Morgan fingerprint density at radius 3 is 2.36 bits per heavy atom. The van der Waals surface area contributed by atoms with Gasteiger partial charge in [-0.2, -0.15) is 0 Å². The number of ketones is 1. The number of esters is 1. The molecule has 0 aromatic heterocycles. The smallest absolute Gasteiger partial charge is 0.302 e. The van der Waals surface area contributed by atoms with Crippen LogP contribution >= 0.6 is 0 Å². The number of aliphatic hydroxyl groups is 2. The number of Topliss-reactive ketones (excluding diaryl/α,β-unsaturated/α-hetero) is 1. The molecule has 0 aliphatic carbocycles. The summed E-state index contributed by atoms with van der Waals surface area (Å²) in [5, 5.41) is 21.2. The maximum Gasteiger partial charge on any atom is 0.302 e. The van der Waals surface area contributed by atoms with E-state index in [4.69, 9.17) is 18.6 Å². The van der Waals surface area contributed by atoms with Crippen LogP contribution in [0.4, 0.5) is 0 Å². The summed E-state index contributed by atoms with van der Waals surface area (Å²) in [6.45, 7) is 19.3. The highest BCUT2D eigenvalue weighted by atomic mass is 28.4. The summed E-state index contributed by atoms with van der Waals surface area (Å²) in [5.74, 6) is -3.92. The molecule has 0 aromatic carbocycles. The Kier molecular flexibility index (Phi) is 9.79. The Labute approximate surface area is 217 Å². The van der Waals surface area contributed by atoms with Gasteiger partial charge in [0.25, 0.3) is 0 Å². The number of hydrogen-bond acceptors (Lipinski definition) is 8. The van der Waals surface area contributed by atoms with Gasteiger partial charge in [0.1, 0.15) is 18.0 Å². The summed E-state index contributed by atoms with van der Waals surface area (Å²) in [7, 11) is -2.41. The minimum absolute atomic E-state index is 0.0668. The molecule has 0 saturated carbocycles. The number of rotatable bonds is 11. The number of epoxide rings is 1. The van der Waals surface area contributed by atoms with E-state index in [2.05, 4.69) is 46.9 Å². The van der Waals surface area contributed by atoms with Crippen LogP contribution in [0.2, 0.25) is 18.1 Å². The van der Waals surface area contributed by atoms with E-state index in [1.165, 1.54) is 6.92 Å². The molecule has 0 spiro atoms. The first-order valence-corrected chi connectivity index (χ1v) is 16.0. The zero-order chi connectivity index (χ0) is 27.7. The van der Waals surface area contributed by atoms with E-state index in [1.54, 1.807) is 6.92 Å². The van der Waals surface area contributed by atoms with Crippen LogP contribution in [0, 0.1) is 17.8 Å². The number of aliphatic hydroxyl groups excluding tert-OH is 1. The van der Waals surface area contributed by atoms with Gasteiger partial charge in [-0.15, -0.1) is 0 Å². The van der Waals surface area contributed by atoms with Crippen molar-refractivity contribution in [2.24, 2.45) is 17.8 Å². The van der Waals surface area contributed by atoms with Gasteiger partial charge >= 0.3 is 5.97 Å². The normalized spacial score (nSPS) is 33.7. The van der Waals surface area contributed by atoms with Gasteiger partial charge in [-0.05, 0) is 38.4 Å². The molecule has 1 unspecified atom stereocenters. The average Bonchev–Trinajstić information content (AvgIpc) is 3.45. The van der Waals surface area contributed by atoms with Crippen LogP contribution in [0.25, 0.3) is 0 Å². The van der Waals surface area contributed by atoms with Crippen molar-refractivity contribution in [3.05, 3.63) is 12.2 Å². The predicted octanol–water partition coefficient (Wildman–Crippen LogP) is 3.99. The maximum absolute atomic E-state index is 14.0. The third-order valence-electron chi connectivity index (χ3n) is 8.29. The fraction of sp³-hybridized carbons (Fsp3) is 0.852. The zero-order valence-corrected chi connectivity index (χ0v) is 24.8. The van der Waals surface area contributed by atoms with Crippen molar-refractivity contribution in [2.75, 3.05) is 13.2 Å². The van der Waals surface area contributed by atoms with Crippen LogP contribution < -0.4 is 0 Å². The lowest BCUT2D eigenvalue weighted by Crippen LogP contribution is -2.57. The topological polar surface area (TPSA) is 115 Å². The molecule has 8 nitrogen and oxygen atoms in total. The Morgan fingerprint density at radius 2 is 1.89 bits per heavy atom. The molecule has 0 radical (unpaired) electrons. The molecule has 0 aromatic rings. The molecule has 2 aliphatic rings. The minimum atomic E-state index is -2.41. The number of hydrogen-bond donors (Lipinski definition) is 2. The van der Waals surface area contributed by atoms with Crippen LogP contribution in [0.1, 0.15) is 68.2 Å². The molecule has 2 N–H and O–H groups in total. The molecule has 2 heterocycles. The van der Waals surface area contributed by atoms with Crippen molar-refractivity contribution in [1.82, 2.24) is 0 Å². The second-order valence-corrected chi connectivity index (χ2v) is 17.0. The van der Waals surface area contributed by atoms with E-state index in [0.29, 0.717) is 6.42 Å². The van der Waals surface area contributed by atoms with Gasteiger partial charge in [-0.1, -0.05) is 46.8 Å². The first kappa shape index (κ1) is 31.1. The van der Waals surface area contributed by atoms with E-state index in [-0.39, 0.29) is 42.5 Å². The van der Waals surface area contributed by atoms with E-state index in [0.717, 1.165) is 0 Å². The van der Waals surface area contributed by atoms with Crippen molar-refractivity contribution in [3.8, 4) is 0 Å². The maximum atomic E-state index is 14.0. The lowest BCUT2D eigenvalue weighted by molar-refractivity contribution is -0.258. The Morgan fingerprint density at radius 1 is 1.28 bits per heavy atom. The summed E-state index contributed by atoms with van der Waals surface area (Å²) in [6.07, 6.45) is 2.32. The fourth-order valence-corrected chi connectivity index (χ4v) is 6.18. The van der Waals surface area contributed by atoms with E-state index in [1.807, 2.05) is 19.9 Å². The largest absolute Gasteiger partial charge is 0.465 e. The third kappa shape index (κ3) is 6.85. The number of ether oxygens (including phenoxy) is 3. The minimum Gasteiger partial charge on any atom is -0.465 e. The van der Waals surface area contributed by atoms with E-state index in [9.17, 15) is 19.8 Å². The summed E-state index contributed by atoms with van der Waals surface area (Å²) >= 11 is 0. The van der Waals surface area contributed by atoms with Crippen LogP contribution in [0.15, 0.2) is 12.2 Å². The summed E-state index contributed by atoms with van der Waals surface area (Å²) in [6, 6.07) is 0. The standard InChI is InChI=1S/C27H48O8Si/c1-11-13-17(3)23-26(8,34-23)24(35-36(9,10)25(5,6)7)20(15-32-18(4)28)22(30)19-16-33-27(31,12-2)14-21(19)29/h11,13,17,19-21,23-24,29,31H,12,14-16H2,1-10H3/b13-11-/t17-,19+,20-,21-,23+,24-,26+,27?/m0/s1.